The molecule has 21 heavy (non-hydrogen) atoms. The van der Waals surface area contributed by atoms with Crippen molar-refractivity contribution in [1.29, 1.82) is 0 Å². The molecule has 1 aromatic carbocycles. The number of nitrogens with zero attached hydrogens (tertiary/aromatic N) is 1. The van der Waals surface area contributed by atoms with Crippen molar-refractivity contribution < 1.29 is 14.0 Å². The number of halogens is 1. The Labute approximate surface area is 123 Å². The topological polar surface area (TPSA) is 63.4 Å². The highest BCUT2D eigenvalue weighted by molar-refractivity contribution is 6.06. The maximum atomic E-state index is 14.1. The minimum absolute atomic E-state index is 0.147. The first kappa shape index (κ1) is 14.0. The second-order valence-corrected chi connectivity index (χ2v) is 5.91. The SMILES string of the molecule is NC(=O)C1CC2(C[CH]CCC2)C(=O)N1c1ccccc1F. The summed E-state index contributed by atoms with van der Waals surface area (Å²) in [6, 6.07) is 5.26. The van der Waals surface area contributed by atoms with Crippen LogP contribution in [0.3, 0.4) is 0 Å². The zero-order valence-electron chi connectivity index (χ0n) is 11.7. The standard InChI is InChI=1S/C16H18FN2O2/c17-11-6-2-3-7-12(11)19-13(14(18)20)10-16(15(19)21)8-4-1-5-9-16/h2-4,6-7,13H,1,5,8-10H2,(H2,18,20). The van der Waals surface area contributed by atoms with Crippen molar-refractivity contribution in [2.24, 2.45) is 11.1 Å². The van der Waals surface area contributed by atoms with E-state index >= 15 is 0 Å². The average Bonchev–Trinajstić information content (AvgIpc) is 2.74. The van der Waals surface area contributed by atoms with Gasteiger partial charge in [-0.05, 0) is 37.8 Å². The fraction of sp³-hybridized carbons (Fsp3) is 0.438. The van der Waals surface area contributed by atoms with Crippen LogP contribution in [0.5, 0.6) is 0 Å². The predicted molar refractivity (Wildman–Crippen MR) is 76.7 cm³/mol. The van der Waals surface area contributed by atoms with Crippen LogP contribution in [0, 0.1) is 17.7 Å². The molecule has 2 aliphatic rings. The lowest BCUT2D eigenvalue weighted by molar-refractivity contribution is -0.126. The minimum atomic E-state index is -0.763. The minimum Gasteiger partial charge on any atom is -0.368 e. The van der Waals surface area contributed by atoms with Crippen LogP contribution < -0.4 is 10.6 Å². The third-order valence-corrected chi connectivity index (χ3v) is 4.61. The van der Waals surface area contributed by atoms with Gasteiger partial charge in [-0.3, -0.25) is 14.5 Å². The molecule has 5 heteroatoms. The van der Waals surface area contributed by atoms with Crippen molar-refractivity contribution >= 4 is 17.5 Å². The average molecular weight is 289 g/mol. The zero-order valence-corrected chi connectivity index (χ0v) is 11.7. The fourth-order valence-corrected chi connectivity index (χ4v) is 3.54. The second-order valence-electron chi connectivity index (χ2n) is 5.91. The summed E-state index contributed by atoms with van der Waals surface area (Å²) < 4.78 is 14.1. The maximum Gasteiger partial charge on any atom is 0.240 e. The van der Waals surface area contributed by atoms with Gasteiger partial charge in [0, 0.05) is 0 Å². The van der Waals surface area contributed by atoms with Crippen LogP contribution in [-0.4, -0.2) is 17.9 Å². The smallest absolute Gasteiger partial charge is 0.240 e. The van der Waals surface area contributed by atoms with Crippen LogP contribution in [-0.2, 0) is 9.59 Å². The highest BCUT2D eigenvalue weighted by Crippen LogP contribution is 2.48. The highest BCUT2D eigenvalue weighted by Gasteiger charge is 2.54. The summed E-state index contributed by atoms with van der Waals surface area (Å²) in [5.41, 5.74) is 5.03. The molecule has 1 saturated carbocycles. The zero-order chi connectivity index (χ0) is 15.0. The molecule has 111 valence electrons. The van der Waals surface area contributed by atoms with E-state index in [2.05, 4.69) is 6.42 Å². The van der Waals surface area contributed by atoms with Crippen molar-refractivity contribution in [3.8, 4) is 0 Å². The van der Waals surface area contributed by atoms with Gasteiger partial charge in [-0.2, -0.15) is 0 Å². The molecule has 1 heterocycles. The number of benzene rings is 1. The Morgan fingerprint density at radius 1 is 1.38 bits per heavy atom. The Bertz CT molecular complexity index is 581. The summed E-state index contributed by atoms with van der Waals surface area (Å²) in [6.45, 7) is 0. The van der Waals surface area contributed by atoms with E-state index in [1.807, 2.05) is 0 Å². The first-order valence-electron chi connectivity index (χ1n) is 7.24. The van der Waals surface area contributed by atoms with Gasteiger partial charge in [0.05, 0.1) is 11.1 Å². The molecule has 2 fully saturated rings. The van der Waals surface area contributed by atoms with Crippen molar-refractivity contribution in [2.75, 3.05) is 4.90 Å². The molecule has 1 aromatic rings. The van der Waals surface area contributed by atoms with Crippen LogP contribution in [0.1, 0.15) is 32.1 Å². The fourth-order valence-electron chi connectivity index (χ4n) is 3.54. The molecule has 2 atom stereocenters. The van der Waals surface area contributed by atoms with Crippen LogP contribution >= 0.6 is 0 Å². The van der Waals surface area contributed by atoms with Crippen LogP contribution in [0.2, 0.25) is 0 Å². The molecule has 1 aliphatic heterocycles. The normalized spacial score (nSPS) is 24.5. The van der Waals surface area contributed by atoms with Gasteiger partial charge in [-0.1, -0.05) is 25.0 Å². The van der Waals surface area contributed by atoms with E-state index in [-0.39, 0.29) is 11.6 Å². The molecule has 2 unspecified atom stereocenters. The van der Waals surface area contributed by atoms with Gasteiger partial charge in [0.1, 0.15) is 11.9 Å². The summed E-state index contributed by atoms with van der Waals surface area (Å²) in [7, 11) is 0. The van der Waals surface area contributed by atoms with E-state index in [1.165, 1.54) is 17.0 Å². The predicted octanol–water partition coefficient (Wildman–Crippen LogP) is 2.18. The van der Waals surface area contributed by atoms with E-state index < -0.39 is 23.2 Å². The Hall–Kier alpha value is -1.91. The lowest BCUT2D eigenvalue weighted by atomic mass is 9.72. The monoisotopic (exact) mass is 289 g/mol. The molecule has 0 bridgehead atoms. The molecule has 3 rings (SSSR count). The Balaban J connectivity index is 2.03. The molecule has 0 aromatic heterocycles. The number of carbonyl (C=O) groups is 2. The molecule has 2 N–H and O–H groups in total. The Kier molecular flexibility index (Phi) is 3.43. The number of para-hydroxylation sites is 1. The number of nitrogens with two attached hydrogens (primary N) is 1. The summed E-state index contributed by atoms with van der Waals surface area (Å²) in [5.74, 6) is -1.25. The third kappa shape index (κ3) is 2.20. The summed E-state index contributed by atoms with van der Waals surface area (Å²) >= 11 is 0. The summed E-state index contributed by atoms with van der Waals surface area (Å²) in [5, 5.41) is 0. The number of anilines is 1. The van der Waals surface area contributed by atoms with Gasteiger partial charge < -0.3 is 5.73 Å². The van der Waals surface area contributed by atoms with Gasteiger partial charge in [0.25, 0.3) is 0 Å². The number of amides is 2. The highest BCUT2D eigenvalue weighted by atomic mass is 19.1. The Morgan fingerprint density at radius 2 is 2.14 bits per heavy atom. The van der Waals surface area contributed by atoms with Crippen LogP contribution in [0.15, 0.2) is 24.3 Å². The van der Waals surface area contributed by atoms with Gasteiger partial charge in [-0.25, -0.2) is 4.39 Å². The van der Waals surface area contributed by atoms with Crippen molar-refractivity contribution in [3.05, 3.63) is 36.5 Å². The molecule has 2 amide bonds. The van der Waals surface area contributed by atoms with Gasteiger partial charge in [0.2, 0.25) is 11.8 Å². The van der Waals surface area contributed by atoms with Gasteiger partial charge in [-0.15, -0.1) is 0 Å². The molecular weight excluding hydrogens is 271 g/mol. The lowest BCUT2D eigenvalue weighted by Crippen LogP contribution is -2.43. The largest absolute Gasteiger partial charge is 0.368 e. The number of hydrogen-bond donors (Lipinski definition) is 1. The molecule has 1 saturated heterocycles. The second kappa shape index (κ2) is 5.13. The third-order valence-electron chi connectivity index (χ3n) is 4.61. The number of rotatable bonds is 2. The van der Waals surface area contributed by atoms with Gasteiger partial charge in [0.15, 0.2) is 0 Å². The molecule has 4 nitrogen and oxygen atoms in total. The number of carbonyl (C=O) groups excluding carboxylic acids is 2. The van der Waals surface area contributed by atoms with Gasteiger partial charge >= 0.3 is 0 Å². The van der Waals surface area contributed by atoms with Crippen LogP contribution in [0.4, 0.5) is 10.1 Å². The summed E-state index contributed by atoms with van der Waals surface area (Å²) in [4.78, 5) is 25.9. The summed E-state index contributed by atoms with van der Waals surface area (Å²) in [6.07, 6.45) is 5.74. The Morgan fingerprint density at radius 3 is 2.76 bits per heavy atom. The first-order chi connectivity index (χ1) is 10.1. The molecular formula is C16H18FN2O2. The van der Waals surface area contributed by atoms with E-state index in [1.54, 1.807) is 12.1 Å². The van der Waals surface area contributed by atoms with E-state index in [0.29, 0.717) is 12.8 Å². The van der Waals surface area contributed by atoms with Crippen molar-refractivity contribution in [1.82, 2.24) is 0 Å². The van der Waals surface area contributed by atoms with Crippen molar-refractivity contribution in [2.45, 2.75) is 38.1 Å². The quantitative estimate of drug-likeness (QED) is 0.907. The van der Waals surface area contributed by atoms with E-state index in [9.17, 15) is 14.0 Å². The first-order valence-corrected chi connectivity index (χ1v) is 7.24. The van der Waals surface area contributed by atoms with Crippen molar-refractivity contribution in [3.63, 3.8) is 0 Å². The van der Waals surface area contributed by atoms with E-state index in [4.69, 9.17) is 5.73 Å². The molecule has 1 radical (unpaired) electrons. The van der Waals surface area contributed by atoms with Crippen LogP contribution in [0.25, 0.3) is 0 Å². The molecule has 1 spiro atoms. The lowest BCUT2D eigenvalue weighted by Gasteiger charge is -2.31. The number of primary amides is 1. The van der Waals surface area contributed by atoms with E-state index in [0.717, 1.165) is 19.3 Å². The number of hydrogen-bond acceptors (Lipinski definition) is 2. The maximum absolute atomic E-state index is 14.1. The molecule has 1 aliphatic carbocycles.